The number of aromatic nitrogens is 2. The van der Waals surface area contributed by atoms with Gasteiger partial charge in [-0.3, -0.25) is 9.36 Å². The summed E-state index contributed by atoms with van der Waals surface area (Å²) in [6.07, 6.45) is -1.37. The Hall–Kier alpha value is -3.26. The monoisotopic (exact) mass is 358 g/mol. The third-order valence-corrected chi connectivity index (χ3v) is 4.02. The van der Waals surface area contributed by atoms with E-state index < -0.39 is 35.7 Å². The number of ether oxygens (including phenoxy) is 1. The van der Waals surface area contributed by atoms with Crippen LogP contribution in [0.25, 0.3) is 10.9 Å². The minimum Gasteiger partial charge on any atom is -0.465 e. The van der Waals surface area contributed by atoms with Gasteiger partial charge in [0.05, 0.1) is 36.2 Å². The zero-order valence-corrected chi connectivity index (χ0v) is 13.7. The summed E-state index contributed by atoms with van der Waals surface area (Å²) in [4.78, 5) is 38.9. The molecule has 3 rings (SSSR count). The molecule has 7 nitrogen and oxygen atoms in total. The second-order valence-corrected chi connectivity index (χ2v) is 5.64. The third-order valence-electron chi connectivity index (χ3n) is 4.02. The number of aliphatic hydroxyl groups is 1. The molecule has 134 valence electrons. The largest absolute Gasteiger partial charge is 0.465 e. The van der Waals surface area contributed by atoms with Crippen LogP contribution in [0.2, 0.25) is 0 Å². The summed E-state index contributed by atoms with van der Waals surface area (Å²) in [5.74, 6) is -1.24. The summed E-state index contributed by atoms with van der Waals surface area (Å²) in [7, 11) is 1.22. The van der Waals surface area contributed by atoms with Crippen molar-refractivity contribution in [1.29, 1.82) is 0 Å². The van der Waals surface area contributed by atoms with Crippen molar-refractivity contribution in [3.63, 3.8) is 0 Å². The van der Waals surface area contributed by atoms with Gasteiger partial charge in [0, 0.05) is 5.56 Å². The molecule has 1 atom stereocenters. The SMILES string of the molecule is COC(=O)c1ccc2c(=O)n(C[C@H](O)c3ccccc3F)c(=O)[nH]c2c1. The second-order valence-electron chi connectivity index (χ2n) is 5.64. The number of hydrogen-bond donors (Lipinski definition) is 2. The van der Waals surface area contributed by atoms with Crippen LogP contribution in [0.5, 0.6) is 0 Å². The number of methoxy groups -OCH3 is 1. The van der Waals surface area contributed by atoms with Gasteiger partial charge in [0.15, 0.2) is 0 Å². The molecule has 8 heteroatoms. The van der Waals surface area contributed by atoms with Crippen LogP contribution in [-0.4, -0.2) is 27.7 Å². The van der Waals surface area contributed by atoms with Crippen LogP contribution in [0.1, 0.15) is 22.0 Å². The number of hydrogen-bond acceptors (Lipinski definition) is 5. The first-order valence-electron chi connectivity index (χ1n) is 7.70. The van der Waals surface area contributed by atoms with E-state index in [9.17, 15) is 23.9 Å². The number of carbonyl (C=O) groups is 1. The number of rotatable bonds is 4. The highest BCUT2D eigenvalue weighted by Gasteiger charge is 2.17. The van der Waals surface area contributed by atoms with E-state index >= 15 is 0 Å². The van der Waals surface area contributed by atoms with Crippen LogP contribution < -0.4 is 11.2 Å². The van der Waals surface area contributed by atoms with Crippen LogP contribution in [0.15, 0.2) is 52.1 Å². The summed E-state index contributed by atoms with van der Waals surface area (Å²) in [5.41, 5.74) is -1.10. The Kier molecular flexibility index (Phi) is 4.68. The molecule has 0 bridgehead atoms. The Labute approximate surface area is 146 Å². The molecule has 26 heavy (non-hydrogen) atoms. The molecular formula is C18H15FN2O5. The molecule has 0 aliphatic rings. The fourth-order valence-electron chi connectivity index (χ4n) is 2.68. The molecule has 1 heterocycles. The van der Waals surface area contributed by atoms with Crippen molar-refractivity contribution in [3.05, 3.63) is 80.2 Å². The molecule has 0 amide bonds. The molecule has 0 spiro atoms. The summed E-state index contributed by atoms with van der Waals surface area (Å²) < 4.78 is 19.2. The molecule has 0 fully saturated rings. The van der Waals surface area contributed by atoms with Gasteiger partial charge in [-0.15, -0.1) is 0 Å². The molecule has 0 aliphatic carbocycles. The van der Waals surface area contributed by atoms with Gasteiger partial charge in [-0.05, 0) is 24.3 Å². The Morgan fingerprint density at radius 1 is 1.27 bits per heavy atom. The standard InChI is InChI=1S/C18H15FN2O5/c1-26-17(24)10-6-7-12-14(8-10)20-18(25)21(16(12)23)9-15(22)11-4-2-3-5-13(11)19/h2-8,15,22H,9H2,1H3,(H,20,25)/t15-/m0/s1. The van der Waals surface area contributed by atoms with Crippen molar-refractivity contribution >= 4 is 16.9 Å². The molecule has 2 aromatic carbocycles. The Bertz CT molecular complexity index is 1100. The Morgan fingerprint density at radius 2 is 2.00 bits per heavy atom. The number of carbonyl (C=O) groups excluding carboxylic acids is 1. The number of nitrogens with zero attached hydrogens (tertiary/aromatic N) is 1. The topological polar surface area (TPSA) is 101 Å². The lowest BCUT2D eigenvalue weighted by Gasteiger charge is -2.13. The van der Waals surface area contributed by atoms with Gasteiger partial charge in [-0.2, -0.15) is 0 Å². The van der Waals surface area contributed by atoms with Crippen molar-refractivity contribution < 1.29 is 19.0 Å². The maximum Gasteiger partial charge on any atom is 0.337 e. The van der Waals surface area contributed by atoms with Gasteiger partial charge < -0.3 is 14.8 Å². The fraction of sp³-hybridized carbons (Fsp3) is 0.167. The van der Waals surface area contributed by atoms with Gasteiger partial charge in [0.25, 0.3) is 5.56 Å². The van der Waals surface area contributed by atoms with E-state index in [0.29, 0.717) is 0 Å². The van der Waals surface area contributed by atoms with Crippen LogP contribution in [-0.2, 0) is 11.3 Å². The highest BCUT2D eigenvalue weighted by molar-refractivity contribution is 5.93. The second kappa shape index (κ2) is 6.93. The van der Waals surface area contributed by atoms with Crippen LogP contribution >= 0.6 is 0 Å². The molecule has 0 saturated heterocycles. The number of nitrogens with one attached hydrogen (secondary N) is 1. The third kappa shape index (κ3) is 3.14. The Morgan fingerprint density at radius 3 is 2.69 bits per heavy atom. The van der Waals surface area contributed by atoms with Crippen molar-refractivity contribution in [2.24, 2.45) is 0 Å². The quantitative estimate of drug-likeness (QED) is 0.686. The van der Waals surface area contributed by atoms with Gasteiger partial charge in [0.2, 0.25) is 0 Å². The molecule has 0 unspecified atom stereocenters. The van der Waals surface area contributed by atoms with E-state index in [1.54, 1.807) is 6.07 Å². The van der Waals surface area contributed by atoms with Crippen molar-refractivity contribution in [2.45, 2.75) is 12.6 Å². The molecular weight excluding hydrogens is 343 g/mol. The fourth-order valence-corrected chi connectivity index (χ4v) is 2.68. The summed E-state index contributed by atoms with van der Waals surface area (Å²) in [6.45, 7) is -0.413. The lowest BCUT2D eigenvalue weighted by Crippen LogP contribution is -2.36. The number of halogens is 1. The number of benzene rings is 2. The first kappa shape index (κ1) is 17.6. The van der Waals surface area contributed by atoms with E-state index in [1.165, 1.54) is 43.5 Å². The predicted molar refractivity (Wildman–Crippen MR) is 91.5 cm³/mol. The van der Waals surface area contributed by atoms with E-state index in [2.05, 4.69) is 9.72 Å². The molecule has 0 aliphatic heterocycles. The number of esters is 1. The van der Waals surface area contributed by atoms with Crippen molar-refractivity contribution in [2.75, 3.05) is 7.11 Å². The van der Waals surface area contributed by atoms with Crippen LogP contribution in [0.3, 0.4) is 0 Å². The zero-order valence-electron chi connectivity index (χ0n) is 13.7. The average molecular weight is 358 g/mol. The van der Waals surface area contributed by atoms with Gasteiger partial charge in [-0.25, -0.2) is 14.0 Å². The molecule has 2 N–H and O–H groups in total. The summed E-state index contributed by atoms with van der Waals surface area (Å²) in [5, 5.41) is 10.4. The van der Waals surface area contributed by atoms with E-state index in [4.69, 9.17) is 0 Å². The van der Waals surface area contributed by atoms with E-state index in [-0.39, 0.29) is 22.0 Å². The number of H-pyrrole nitrogens is 1. The number of fused-ring (bicyclic) bond motifs is 1. The average Bonchev–Trinajstić information content (AvgIpc) is 2.64. The van der Waals surface area contributed by atoms with E-state index in [0.717, 1.165) is 4.57 Å². The van der Waals surface area contributed by atoms with Crippen LogP contribution in [0, 0.1) is 5.82 Å². The normalized spacial score (nSPS) is 12.1. The van der Waals surface area contributed by atoms with Gasteiger partial charge >= 0.3 is 11.7 Å². The highest BCUT2D eigenvalue weighted by atomic mass is 19.1. The molecule has 1 aromatic heterocycles. The van der Waals surface area contributed by atoms with Crippen molar-refractivity contribution in [3.8, 4) is 0 Å². The molecule has 3 aromatic rings. The smallest absolute Gasteiger partial charge is 0.337 e. The minimum atomic E-state index is -1.37. The summed E-state index contributed by atoms with van der Waals surface area (Å²) in [6, 6.07) is 9.69. The minimum absolute atomic E-state index is 0.0139. The first-order valence-corrected chi connectivity index (χ1v) is 7.70. The maximum absolute atomic E-state index is 13.8. The van der Waals surface area contributed by atoms with Gasteiger partial charge in [-0.1, -0.05) is 18.2 Å². The van der Waals surface area contributed by atoms with Gasteiger partial charge in [0.1, 0.15) is 5.82 Å². The maximum atomic E-state index is 13.8. The number of aliphatic hydroxyl groups excluding tert-OH is 1. The zero-order chi connectivity index (χ0) is 18.8. The lowest BCUT2D eigenvalue weighted by atomic mass is 10.1. The summed E-state index contributed by atoms with van der Waals surface area (Å²) >= 11 is 0. The number of aromatic amines is 1. The molecule has 0 radical (unpaired) electrons. The molecule has 0 saturated carbocycles. The Balaban J connectivity index is 2.05. The highest BCUT2D eigenvalue weighted by Crippen LogP contribution is 2.18. The predicted octanol–water partition coefficient (Wildman–Crippen LogP) is 1.35. The first-order chi connectivity index (χ1) is 12.4. The van der Waals surface area contributed by atoms with Crippen molar-refractivity contribution in [1.82, 2.24) is 9.55 Å². The van der Waals surface area contributed by atoms with E-state index in [1.807, 2.05) is 0 Å². The van der Waals surface area contributed by atoms with Crippen LogP contribution in [0.4, 0.5) is 4.39 Å². The lowest BCUT2D eigenvalue weighted by molar-refractivity contribution is 0.0601.